The second-order valence-electron chi connectivity index (χ2n) is 4.64. The lowest BCUT2D eigenvalue weighted by atomic mass is 9.98. The van der Waals surface area contributed by atoms with Crippen LogP contribution in [0.15, 0.2) is 24.3 Å². The zero-order valence-corrected chi connectivity index (χ0v) is 10.5. The second-order valence-corrected chi connectivity index (χ2v) is 4.64. The van der Waals surface area contributed by atoms with E-state index in [2.05, 4.69) is 5.32 Å². The van der Waals surface area contributed by atoms with Crippen LogP contribution < -0.4 is 5.32 Å². The Bertz CT molecular complexity index is 473. The van der Waals surface area contributed by atoms with Crippen LogP contribution in [0.3, 0.4) is 0 Å². The highest BCUT2D eigenvalue weighted by Gasteiger charge is 2.39. The van der Waals surface area contributed by atoms with Gasteiger partial charge in [-0.2, -0.15) is 13.2 Å². The van der Waals surface area contributed by atoms with Crippen molar-refractivity contribution in [1.82, 2.24) is 10.2 Å². The van der Waals surface area contributed by atoms with Crippen molar-refractivity contribution in [3.63, 3.8) is 0 Å². The standard InChI is InChI=1S/C13H15F3N2O/c1-9-4-2-3-5-10(9)11-12(19)17-6-7-18(11)8-13(14,15)16/h2-5,11H,6-8H2,1H3,(H,17,19)/t11-/m1/s1. The Kier molecular flexibility index (Phi) is 3.80. The lowest BCUT2D eigenvalue weighted by molar-refractivity contribution is -0.158. The van der Waals surface area contributed by atoms with E-state index in [4.69, 9.17) is 0 Å². The molecule has 1 atom stereocenters. The minimum absolute atomic E-state index is 0.199. The number of hydrogen-bond acceptors (Lipinski definition) is 2. The molecule has 1 N–H and O–H groups in total. The monoisotopic (exact) mass is 272 g/mol. The van der Waals surface area contributed by atoms with Gasteiger partial charge >= 0.3 is 6.18 Å². The second kappa shape index (κ2) is 5.21. The quantitative estimate of drug-likeness (QED) is 0.893. The molecule has 1 heterocycles. The number of carbonyl (C=O) groups is 1. The summed E-state index contributed by atoms with van der Waals surface area (Å²) in [5.41, 5.74) is 1.45. The molecular weight excluding hydrogens is 257 g/mol. The van der Waals surface area contributed by atoms with E-state index < -0.39 is 18.8 Å². The van der Waals surface area contributed by atoms with Gasteiger partial charge in [-0.1, -0.05) is 24.3 Å². The SMILES string of the molecule is Cc1ccccc1[C@@H]1C(=O)NCCN1CC(F)(F)F. The summed E-state index contributed by atoms with van der Waals surface area (Å²) in [6.45, 7) is 1.17. The first-order valence-electron chi connectivity index (χ1n) is 6.02. The Morgan fingerprint density at radius 2 is 2.05 bits per heavy atom. The zero-order chi connectivity index (χ0) is 14.0. The van der Waals surface area contributed by atoms with Crippen LogP contribution in [-0.4, -0.2) is 36.6 Å². The third kappa shape index (κ3) is 3.26. The number of halogens is 3. The highest BCUT2D eigenvalue weighted by Crippen LogP contribution is 2.29. The molecule has 0 saturated carbocycles. The summed E-state index contributed by atoms with van der Waals surface area (Å²) in [7, 11) is 0. The van der Waals surface area contributed by atoms with Crippen molar-refractivity contribution < 1.29 is 18.0 Å². The average Bonchev–Trinajstić information content (AvgIpc) is 2.29. The number of rotatable bonds is 2. The minimum Gasteiger partial charge on any atom is -0.353 e. The topological polar surface area (TPSA) is 32.3 Å². The molecular formula is C13H15F3N2O. The minimum atomic E-state index is -4.31. The molecule has 6 heteroatoms. The highest BCUT2D eigenvalue weighted by atomic mass is 19.4. The van der Waals surface area contributed by atoms with Crippen molar-refractivity contribution in [3.05, 3.63) is 35.4 Å². The molecule has 104 valence electrons. The van der Waals surface area contributed by atoms with Gasteiger partial charge in [0.25, 0.3) is 0 Å². The molecule has 0 bridgehead atoms. The van der Waals surface area contributed by atoms with Crippen molar-refractivity contribution in [3.8, 4) is 0 Å². The van der Waals surface area contributed by atoms with E-state index in [1.165, 1.54) is 4.90 Å². The van der Waals surface area contributed by atoms with Gasteiger partial charge < -0.3 is 5.32 Å². The molecule has 1 aromatic rings. The first kappa shape index (κ1) is 13.9. The molecule has 1 fully saturated rings. The lowest BCUT2D eigenvalue weighted by Crippen LogP contribution is -2.52. The van der Waals surface area contributed by atoms with E-state index in [0.29, 0.717) is 5.56 Å². The fraction of sp³-hybridized carbons (Fsp3) is 0.462. The predicted octanol–water partition coefficient (Wildman–Crippen LogP) is 2.03. The van der Waals surface area contributed by atoms with E-state index in [0.717, 1.165) is 5.56 Å². The van der Waals surface area contributed by atoms with Crippen LogP contribution in [0.25, 0.3) is 0 Å². The Morgan fingerprint density at radius 1 is 1.37 bits per heavy atom. The summed E-state index contributed by atoms with van der Waals surface area (Å²) >= 11 is 0. The summed E-state index contributed by atoms with van der Waals surface area (Å²) in [6.07, 6.45) is -4.31. The molecule has 19 heavy (non-hydrogen) atoms. The van der Waals surface area contributed by atoms with Crippen LogP contribution in [0, 0.1) is 6.92 Å². The van der Waals surface area contributed by atoms with Gasteiger partial charge in [0.05, 0.1) is 6.54 Å². The average molecular weight is 272 g/mol. The number of nitrogens with one attached hydrogen (secondary N) is 1. The van der Waals surface area contributed by atoms with Gasteiger partial charge in [-0.05, 0) is 18.1 Å². The molecule has 3 nitrogen and oxygen atoms in total. The van der Waals surface area contributed by atoms with Gasteiger partial charge in [0.15, 0.2) is 0 Å². The van der Waals surface area contributed by atoms with Gasteiger partial charge in [-0.3, -0.25) is 9.69 Å². The van der Waals surface area contributed by atoms with Gasteiger partial charge in [0.1, 0.15) is 6.04 Å². The molecule has 0 aliphatic carbocycles. The Hall–Kier alpha value is -1.56. The Morgan fingerprint density at radius 3 is 2.68 bits per heavy atom. The highest BCUT2D eigenvalue weighted by molar-refractivity contribution is 5.84. The van der Waals surface area contributed by atoms with Crippen molar-refractivity contribution >= 4 is 5.91 Å². The van der Waals surface area contributed by atoms with Crippen molar-refractivity contribution in [1.29, 1.82) is 0 Å². The van der Waals surface area contributed by atoms with Gasteiger partial charge in [0, 0.05) is 13.1 Å². The molecule has 1 amide bonds. The number of hydrogen-bond donors (Lipinski definition) is 1. The maximum Gasteiger partial charge on any atom is 0.401 e. The molecule has 0 aromatic heterocycles. The Labute approximate surface area is 109 Å². The summed E-state index contributed by atoms with van der Waals surface area (Å²) in [5.74, 6) is -0.371. The van der Waals surface area contributed by atoms with Crippen LogP contribution in [-0.2, 0) is 4.79 Å². The molecule has 0 unspecified atom stereocenters. The maximum absolute atomic E-state index is 12.6. The van der Waals surface area contributed by atoms with E-state index in [1.807, 2.05) is 0 Å². The van der Waals surface area contributed by atoms with E-state index in [1.54, 1.807) is 31.2 Å². The number of piperazine rings is 1. The van der Waals surface area contributed by atoms with E-state index in [-0.39, 0.29) is 19.0 Å². The number of amides is 1. The van der Waals surface area contributed by atoms with Gasteiger partial charge in [-0.15, -0.1) is 0 Å². The summed E-state index contributed by atoms with van der Waals surface area (Å²) < 4.78 is 37.8. The van der Waals surface area contributed by atoms with Gasteiger partial charge in [-0.25, -0.2) is 0 Å². The first-order valence-corrected chi connectivity index (χ1v) is 6.02. The van der Waals surface area contributed by atoms with Crippen LogP contribution in [0.4, 0.5) is 13.2 Å². The molecule has 0 radical (unpaired) electrons. The molecule has 2 rings (SSSR count). The maximum atomic E-state index is 12.6. The van der Waals surface area contributed by atoms with Crippen molar-refractivity contribution in [2.45, 2.75) is 19.1 Å². The predicted molar refractivity (Wildman–Crippen MR) is 64.6 cm³/mol. The number of carbonyl (C=O) groups excluding carboxylic acids is 1. The smallest absolute Gasteiger partial charge is 0.353 e. The number of aryl methyl sites for hydroxylation is 1. The summed E-state index contributed by atoms with van der Waals surface area (Å²) in [6, 6.07) is 6.16. The molecule has 1 aromatic carbocycles. The van der Waals surface area contributed by atoms with E-state index in [9.17, 15) is 18.0 Å². The van der Waals surface area contributed by atoms with Crippen molar-refractivity contribution in [2.24, 2.45) is 0 Å². The molecule has 1 aliphatic rings. The van der Waals surface area contributed by atoms with E-state index >= 15 is 0 Å². The molecule has 0 spiro atoms. The molecule has 1 aliphatic heterocycles. The normalized spacial score (nSPS) is 21.3. The van der Waals surface area contributed by atoms with Crippen LogP contribution >= 0.6 is 0 Å². The van der Waals surface area contributed by atoms with Crippen LogP contribution in [0.2, 0.25) is 0 Å². The van der Waals surface area contributed by atoms with Crippen LogP contribution in [0.1, 0.15) is 17.2 Å². The number of alkyl halides is 3. The summed E-state index contributed by atoms with van der Waals surface area (Å²) in [4.78, 5) is 13.1. The zero-order valence-electron chi connectivity index (χ0n) is 10.5. The Balaban J connectivity index is 2.32. The largest absolute Gasteiger partial charge is 0.401 e. The lowest BCUT2D eigenvalue weighted by Gasteiger charge is -2.36. The fourth-order valence-corrected chi connectivity index (χ4v) is 2.35. The van der Waals surface area contributed by atoms with Gasteiger partial charge in [0.2, 0.25) is 5.91 Å². The van der Waals surface area contributed by atoms with Crippen molar-refractivity contribution in [2.75, 3.05) is 19.6 Å². The first-order chi connectivity index (χ1) is 8.88. The number of benzene rings is 1. The fourth-order valence-electron chi connectivity index (χ4n) is 2.35. The number of nitrogens with zero attached hydrogens (tertiary/aromatic N) is 1. The molecule has 1 saturated heterocycles. The third-order valence-corrected chi connectivity index (χ3v) is 3.18. The summed E-state index contributed by atoms with van der Waals surface area (Å²) in [5, 5.41) is 2.63. The third-order valence-electron chi connectivity index (χ3n) is 3.18. The van der Waals surface area contributed by atoms with Crippen LogP contribution in [0.5, 0.6) is 0 Å².